The third kappa shape index (κ3) is 5.47. The lowest BCUT2D eigenvalue weighted by atomic mass is 10.3. The maximum absolute atomic E-state index is 5.36. The van der Waals surface area contributed by atoms with E-state index in [-0.39, 0.29) is 0 Å². The van der Waals surface area contributed by atoms with E-state index >= 15 is 0 Å². The molecule has 0 radical (unpaired) electrons. The van der Waals surface area contributed by atoms with Crippen molar-refractivity contribution < 1.29 is 0 Å². The number of hydrogen-bond acceptors (Lipinski definition) is 3. The molecule has 0 aromatic heterocycles. The van der Waals surface area contributed by atoms with Gasteiger partial charge in [0.05, 0.1) is 0 Å². The fraction of sp³-hybridized carbons (Fsp3) is 0.143. The van der Waals surface area contributed by atoms with E-state index in [0.29, 0.717) is 0 Å². The van der Waals surface area contributed by atoms with Gasteiger partial charge in [-0.2, -0.15) is 0 Å². The molecule has 3 heteroatoms. The highest BCUT2D eigenvalue weighted by atomic mass is 32.1. The van der Waals surface area contributed by atoms with Gasteiger partial charge in [0.2, 0.25) is 0 Å². The molecule has 1 aromatic carbocycles. The van der Waals surface area contributed by atoms with Crippen LogP contribution in [-0.2, 0) is 0 Å². The smallest absolute Gasteiger partial charge is 0.0313 e. The highest BCUT2D eigenvalue weighted by Gasteiger charge is 1.72. The van der Waals surface area contributed by atoms with Crippen LogP contribution in [0.1, 0.15) is 0 Å². The van der Waals surface area contributed by atoms with E-state index in [1.54, 1.807) is 7.05 Å². The lowest BCUT2D eigenvalue weighted by Gasteiger charge is -1.83. The summed E-state index contributed by atoms with van der Waals surface area (Å²) in [6, 6.07) is 9.49. The second-order valence-electron chi connectivity index (χ2n) is 1.63. The lowest BCUT2D eigenvalue weighted by molar-refractivity contribution is 1.32. The molecule has 0 heterocycles. The number of benzene rings is 1. The highest BCUT2D eigenvalue weighted by molar-refractivity contribution is 7.78. The van der Waals surface area contributed by atoms with Gasteiger partial charge in [-0.3, -0.25) is 4.72 Å². The summed E-state index contributed by atoms with van der Waals surface area (Å²) in [7, 11) is 1.74. The molecule has 0 bridgehead atoms. The number of nitrogens with one attached hydrogen (secondary N) is 1. The standard InChI is InChI=1S/C6H7N.CH5NS/c7-6-4-2-1-3-5-6;1-2-3/h1-5H,7H2;2-3H,1H3. The molecule has 0 atom stereocenters. The number of rotatable bonds is 0. The summed E-state index contributed by atoms with van der Waals surface area (Å²) in [4.78, 5) is 0. The summed E-state index contributed by atoms with van der Waals surface area (Å²) >= 11 is 3.54. The van der Waals surface area contributed by atoms with Gasteiger partial charge >= 0.3 is 0 Å². The first-order valence-corrected chi connectivity index (χ1v) is 3.37. The van der Waals surface area contributed by atoms with Gasteiger partial charge in [0, 0.05) is 5.69 Å². The number of thiol groups is 1. The first-order valence-electron chi connectivity index (χ1n) is 2.92. The van der Waals surface area contributed by atoms with E-state index in [9.17, 15) is 0 Å². The SMILES string of the molecule is CNS.Nc1ccccc1. The van der Waals surface area contributed by atoms with Crippen molar-refractivity contribution in [1.82, 2.24) is 4.72 Å². The molecule has 0 aliphatic heterocycles. The van der Waals surface area contributed by atoms with Gasteiger partial charge in [0.25, 0.3) is 0 Å². The Hall–Kier alpha value is -0.670. The summed E-state index contributed by atoms with van der Waals surface area (Å²) in [6.45, 7) is 0. The van der Waals surface area contributed by atoms with Crippen LogP contribution in [-0.4, -0.2) is 7.05 Å². The fourth-order valence-corrected chi connectivity index (χ4v) is 0.453. The number of hydrogen-bond donors (Lipinski definition) is 3. The third-order valence-electron chi connectivity index (χ3n) is 0.800. The van der Waals surface area contributed by atoms with Gasteiger partial charge in [0.1, 0.15) is 0 Å². The number of nitrogen functional groups attached to an aromatic ring is 1. The zero-order valence-corrected chi connectivity index (χ0v) is 6.81. The molecule has 0 saturated carbocycles. The molecule has 0 aliphatic carbocycles. The Morgan fingerprint density at radius 2 is 1.70 bits per heavy atom. The van der Waals surface area contributed by atoms with E-state index < -0.39 is 0 Å². The van der Waals surface area contributed by atoms with Crippen molar-refractivity contribution in [2.75, 3.05) is 12.8 Å². The van der Waals surface area contributed by atoms with Crippen molar-refractivity contribution in [3.63, 3.8) is 0 Å². The van der Waals surface area contributed by atoms with Crippen LogP contribution in [0.4, 0.5) is 5.69 Å². The van der Waals surface area contributed by atoms with Gasteiger partial charge < -0.3 is 5.73 Å². The van der Waals surface area contributed by atoms with Crippen molar-refractivity contribution in [3.05, 3.63) is 30.3 Å². The normalized spacial score (nSPS) is 7.80. The summed E-state index contributed by atoms with van der Waals surface area (Å²) < 4.78 is 2.44. The molecule has 2 nitrogen and oxygen atoms in total. The average molecular weight is 156 g/mol. The van der Waals surface area contributed by atoms with Gasteiger partial charge in [0.15, 0.2) is 0 Å². The Balaban J connectivity index is 0.000000236. The van der Waals surface area contributed by atoms with Crippen LogP contribution in [0.5, 0.6) is 0 Å². The molecule has 0 saturated heterocycles. The van der Waals surface area contributed by atoms with E-state index in [4.69, 9.17) is 5.73 Å². The van der Waals surface area contributed by atoms with Crippen LogP contribution in [0.2, 0.25) is 0 Å². The van der Waals surface area contributed by atoms with Gasteiger partial charge in [-0.25, -0.2) is 0 Å². The fourth-order valence-electron chi connectivity index (χ4n) is 0.453. The van der Waals surface area contributed by atoms with E-state index in [1.807, 2.05) is 30.3 Å². The Morgan fingerprint density at radius 1 is 1.30 bits per heavy atom. The predicted octanol–water partition coefficient (Wildman–Crippen LogP) is 1.32. The lowest BCUT2D eigenvalue weighted by Crippen LogP contribution is -1.79. The molecule has 1 rings (SSSR count). The second-order valence-corrected chi connectivity index (χ2v) is 2.08. The van der Waals surface area contributed by atoms with Crippen molar-refractivity contribution >= 4 is 18.5 Å². The Kier molecular flexibility index (Phi) is 6.02. The van der Waals surface area contributed by atoms with E-state index in [1.165, 1.54) is 0 Å². The number of para-hydroxylation sites is 1. The first kappa shape index (κ1) is 9.33. The van der Waals surface area contributed by atoms with Crippen LogP contribution >= 0.6 is 12.8 Å². The molecule has 1 aromatic rings. The Morgan fingerprint density at radius 3 is 1.90 bits per heavy atom. The second kappa shape index (κ2) is 6.45. The summed E-state index contributed by atoms with van der Waals surface area (Å²) in [5.41, 5.74) is 6.18. The molecule has 0 unspecified atom stereocenters. The maximum Gasteiger partial charge on any atom is 0.0313 e. The molecule has 56 valence electrons. The summed E-state index contributed by atoms with van der Waals surface area (Å²) in [5.74, 6) is 0. The monoisotopic (exact) mass is 156 g/mol. The van der Waals surface area contributed by atoms with Crippen LogP contribution in [0, 0.1) is 0 Å². The number of anilines is 1. The zero-order chi connectivity index (χ0) is 7.82. The molecule has 0 spiro atoms. The predicted molar refractivity (Wildman–Crippen MR) is 48.9 cm³/mol. The van der Waals surface area contributed by atoms with Crippen molar-refractivity contribution in [1.29, 1.82) is 0 Å². The van der Waals surface area contributed by atoms with Gasteiger partial charge in [-0.15, -0.1) is 0 Å². The molecule has 0 aliphatic rings. The van der Waals surface area contributed by atoms with Gasteiger partial charge in [-0.1, -0.05) is 31.0 Å². The molecule has 0 amide bonds. The Labute approximate surface area is 67.0 Å². The largest absolute Gasteiger partial charge is 0.399 e. The minimum Gasteiger partial charge on any atom is -0.399 e. The van der Waals surface area contributed by atoms with Crippen LogP contribution in [0.15, 0.2) is 30.3 Å². The summed E-state index contributed by atoms with van der Waals surface area (Å²) in [6.07, 6.45) is 0. The summed E-state index contributed by atoms with van der Waals surface area (Å²) in [5, 5.41) is 0. The van der Waals surface area contributed by atoms with Crippen molar-refractivity contribution in [3.8, 4) is 0 Å². The molecule has 10 heavy (non-hydrogen) atoms. The average Bonchev–Trinajstić information content (AvgIpc) is 1.91. The first-order chi connectivity index (χ1) is 4.81. The van der Waals surface area contributed by atoms with E-state index in [2.05, 4.69) is 17.5 Å². The van der Waals surface area contributed by atoms with Crippen LogP contribution in [0.25, 0.3) is 0 Å². The molecule has 0 fully saturated rings. The number of nitrogens with two attached hydrogens (primary N) is 1. The van der Waals surface area contributed by atoms with Crippen molar-refractivity contribution in [2.24, 2.45) is 0 Å². The third-order valence-corrected chi connectivity index (χ3v) is 0.800. The highest BCUT2D eigenvalue weighted by Crippen LogP contribution is 1.95. The zero-order valence-electron chi connectivity index (χ0n) is 5.91. The maximum atomic E-state index is 5.36. The quantitative estimate of drug-likeness (QED) is 0.391. The van der Waals surface area contributed by atoms with Crippen LogP contribution in [0.3, 0.4) is 0 Å². The Bertz CT molecular complexity index is 153. The van der Waals surface area contributed by atoms with Gasteiger partial charge in [-0.05, 0) is 19.2 Å². The van der Waals surface area contributed by atoms with Crippen molar-refractivity contribution in [2.45, 2.75) is 0 Å². The minimum absolute atomic E-state index is 0.822. The molecular weight excluding hydrogens is 144 g/mol. The van der Waals surface area contributed by atoms with E-state index in [0.717, 1.165) is 5.69 Å². The minimum atomic E-state index is 0.822. The topological polar surface area (TPSA) is 38.0 Å². The molecular formula is C7H12N2S. The molecule has 3 N–H and O–H groups in total. The van der Waals surface area contributed by atoms with Crippen LogP contribution < -0.4 is 10.5 Å².